The number of rotatable bonds is 3. The van der Waals surface area contributed by atoms with Gasteiger partial charge in [-0.1, -0.05) is 0 Å². The number of aliphatic hydroxyl groups is 1. The van der Waals surface area contributed by atoms with E-state index in [1.54, 1.807) is 0 Å². The number of likely N-dealkylation sites (tertiary alicyclic amines) is 1. The minimum absolute atomic E-state index is 0.406. The number of halogens is 3. The molecule has 0 spiro atoms. The van der Waals surface area contributed by atoms with Gasteiger partial charge in [-0.15, -0.1) is 0 Å². The Labute approximate surface area is 85.9 Å². The molecule has 0 bridgehead atoms. The van der Waals surface area contributed by atoms with Gasteiger partial charge in [0.25, 0.3) is 0 Å². The van der Waals surface area contributed by atoms with Gasteiger partial charge < -0.3 is 10.0 Å². The second kappa shape index (κ2) is 4.00. The van der Waals surface area contributed by atoms with Crippen LogP contribution in [0.15, 0.2) is 0 Å². The molecule has 0 aromatic rings. The van der Waals surface area contributed by atoms with Crippen molar-refractivity contribution in [2.24, 2.45) is 0 Å². The molecular formula is C9H14F3NO2. The molecule has 88 valence electrons. The summed E-state index contributed by atoms with van der Waals surface area (Å²) in [7, 11) is 0. The summed E-state index contributed by atoms with van der Waals surface area (Å²) in [4.78, 5) is 11.9. The third-order valence-corrected chi connectivity index (χ3v) is 3.01. The van der Waals surface area contributed by atoms with Crippen LogP contribution in [0, 0.1) is 0 Å². The summed E-state index contributed by atoms with van der Waals surface area (Å²) in [5.74, 6) is 0. The minimum Gasteiger partial charge on any atom is -0.390 e. The van der Waals surface area contributed by atoms with E-state index < -0.39 is 24.2 Å². The quantitative estimate of drug-likeness (QED) is 0.736. The van der Waals surface area contributed by atoms with E-state index in [-0.39, 0.29) is 0 Å². The molecule has 1 aliphatic heterocycles. The van der Waals surface area contributed by atoms with Crippen LogP contribution < -0.4 is 0 Å². The van der Waals surface area contributed by atoms with Crippen molar-refractivity contribution in [3.63, 3.8) is 0 Å². The predicted octanol–water partition coefficient (Wildman–Crippen LogP) is 1.31. The van der Waals surface area contributed by atoms with Crippen LogP contribution in [-0.2, 0) is 4.79 Å². The fourth-order valence-electron chi connectivity index (χ4n) is 1.98. The van der Waals surface area contributed by atoms with Gasteiger partial charge in [-0.2, -0.15) is 13.2 Å². The molecule has 15 heavy (non-hydrogen) atoms. The fraction of sp³-hybridized carbons (Fsp3) is 0.889. The molecule has 2 atom stereocenters. The number of carbonyl (C=O) groups excluding carboxylic acids is 1. The molecule has 6 heteroatoms. The minimum atomic E-state index is -4.40. The van der Waals surface area contributed by atoms with Gasteiger partial charge in [0.15, 0.2) is 0 Å². The SMILES string of the molecule is C[C@@]1([C@@H](O)CC(F)(F)F)CCCN1C=O. The molecule has 1 saturated heterocycles. The van der Waals surface area contributed by atoms with Crippen molar-refractivity contribution in [1.29, 1.82) is 0 Å². The van der Waals surface area contributed by atoms with Crippen LogP contribution in [0.4, 0.5) is 13.2 Å². The molecule has 0 unspecified atom stereocenters. The van der Waals surface area contributed by atoms with Crippen LogP contribution >= 0.6 is 0 Å². The molecule has 0 radical (unpaired) electrons. The number of nitrogens with zero attached hydrogens (tertiary/aromatic N) is 1. The molecular weight excluding hydrogens is 211 g/mol. The Kier molecular flexibility index (Phi) is 3.28. The molecule has 1 N–H and O–H groups in total. The van der Waals surface area contributed by atoms with E-state index in [0.29, 0.717) is 25.8 Å². The maximum Gasteiger partial charge on any atom is 0.391 e. The highest BCUT2D eigenvalue weighted by Crippen LogP contribution is 2.35. The van der Waals surface area contributed by atoms with Crippen LogP contribution in [0.5, 0.6) is 0 Å². The second-order valence-corrected chi connectivity index (χ2v) is 4.09. The molecule has 1 amide bonds. The van der Waals surface area contributed by atoms with Crippen LogP contribution in [-0.4, -0.2) is 40.8 Å². The van der Waals surface area contributed by atoms with Crippen molar-refractivity contribution in [2.75, 3.05) is 6.54 Å². The molecule has 3 nitrogen and oxygen atoms in total. The van der Waals surface area contributed by atoms with Gasteiger partial charge in [0.05, 0.1) is 18.1 Å². The molecule has 1 heterocycles. The lowest BCUT2D eigenvalue weighted by molar-refractivity contribution is -0.169. The number of amides is 1. The number of hydrogen-bond donors (Lipinski definition) is 1. The summed E-state index contributed by atoms with van der Waals surface area (Å²) in [5, 5.41) is 9.52. The zero-order valence-corrected chi connectivity index (χ0v) is 8.42. The number of hydrogen-bond acceptors (Lipinski definition) is 2. The summed E-state index contributed by atoms with van der Waals surface area (Å²) >= 11 is 0. The van der Waals surface area contributed by atoms with Crippen molar-refractivity contribution in [1.82, 2.24) is 4.90 Å². The van der Waals surface area contributed by atoms with Crippen LogP contribution in [0.1, 0.15) is 26.2 Å². The summed E-state index contributed by atoms with van der Waals surface area (Å²) in [5.41, 5.74) is -1.07. The fourth-order valence-corrected chi connectivity index (χ4v) is 1.98. The first-order valence-corrected chi connectivity index (χ1v) is 4.76. The highest BCUT2D eigenvalue weighted by atomic mass is 19.4. The summed E-state index contributed by atoms with van der Waals surface area (Å²) in [6.45, 7) is 1.90. The third kappa shape index (κ3) is 2.62. The molecule has 1 aliphatic rings. The third-order valence-electron chi connectivity index (χ3n) is 3.01. The first kappa shape index (κ1) is 12.3. The molecule has 0 aromatic carbocycles. The van der Waals surface area contributed by atoms with Crippen molar-refractivity contribution < 1.29 is 23.1 Å². The van der Waals surface area contributed by atoms with Crippen LogP contribution in [0.25, 0.3) is 0 Å². The molecule has 1 fully saturated rings. The highest BCUT2D eigenvalue weighted by molar-refractivity contribution is 5.50. The Morgan fingerprint density at radius 1 is 1.60 bits per heavy atom. The number of aliphatic hydroxyl groups excluding tert-OH is 1. The van der Waals surface area contributed by atoms with Crippen molar-refractivity contribution >= 4 is 6.41 Å². The molecule has 1 rings (SSSR count). The normalized spacial score (nSPS) is 29.3. The average molecular weight is 225 g/mol. The summed E-state index contributed by atoms with van der Waals surface area (Å²) in [6, 6.07) is 0. The van der Waals surface area contributed by atoms with Crippen LogP contribution in [0.3, 0.4) is 0 Å². The van der Waals surface area contributed by atoms with E-state index in [9.17, 15) is 23.1 Å². The van der Waals surface area contributed by atoms with Gasteiger partial charge in [0, 0.05) is 6.54 Å². The van der Waals surface area contributed by atoms with Crippen molar-refractivity contribution in [3.8, 4) is 0 Å². The second-order valence-electron chi connectivity index (χ2n) is 4.09. The van der Waals surface area contributed by atoms with Gasteiger partial charge in [0.2, 0.25) is 6.41 Å². The summed E-state index contributed by atoms with van der Waals surface area (Å²) in [6.07, 6.45) is -5.68. The van der Waals surface area contributed by atoms with E-state index in [1.165, 1.54) is 11.8 Å². The van der Waals surface area contributed by atoms with E-state index in [4.69, 9.17) is 0 Å². The Balaban J connectivity index is 2.72. The largest absolute Gasteiger partial charge is 0.391 e. The lowest BCUT2D eigenvalue weighted by Gasteiger charge is -2.37. The average Bonchev–Trinajstić information content (AvgIpc) is 2.45. The zero-order chi connectivity index (χ0) is 11.7. The van der Waals surface area contributed by atoms with E-state index in [1.807, 2.05) is 0 Å². The lowest BCUT2D eigenvalue weighted by Crippen LogP contribution is -2.51. The molecule has 0 aromatic heterocycles. The lowest BCUT2D eigenvalue weighted by atomic mass is 9.89. The van der Waals surface area contributed by atoms with Gasteiger partial charge >= 0.3 is 6.18 Å². The Hall–Kier alpha value is -0.780. The smallest absolute Gasteiger partial charge is 0.390 e. The van der Waals surface area contributed by atoms with Gasteiger partial charge in [-0.25, -0.2) is 0 Å². The highest BCUT2D eigenvalue weighted by Gasteiger charge is 2.46. The number of carbonyl (C=O) groups is 1. The van der Waals surface area contributed by atoms with Crippen molar-refractivity contribution in [3.05, 3.63) is 0 Å². The standard InChI is InChI=1S/C9H14F3NO2/c1-8(3-2-4-13(8)6-14)7(15)5-9(10,11)12/h6-7,15H,2-5H2,1H3/t7-,8-/m0/s1. The van der Waals surface area contributed by atoms with E-state index in [2.05, 4.69) is 0 Å². The van der Waals surface area contributed by atoms with E-state index in [0.717, 1.165) is 0 Å². The first-order chi connectivity index (χ1) is 6.79. The van der Waals surface area contributed by atoms with Crippen molar-refractivity contribution in [2.45, 2.75) is 44.0 Å². The first-order valence-electron chi connectivity index (χ1n) is 4.76. The Morgan fingerprint density at radius 2 is 2.20 bits per heavy atom. The summed E-state index contributed by atoms with van der Waals surface area (Å²) < 4.78 is 36.3. The predicted molar refractivity (Wildman–Crippen MR) is 47.1 cm³/mol. The monoisotopic (exact) mass is 225 g/mol. The van der Waals surface area contributed by atoms with Crippen LogP contribution in [0.2, 0.25) is 0 Å². The van der Waals surface area contributed by atoms with E-state index >= 15 is 0 Å². The zero-order valence-electron chi connectivity index (χ0n) is 8.42. The van der Waals surface area contributed by atoms with Gasteiger partial charge in [-0.3, -0.25) is 4.79 Å². The Morgan fingerprint density at radius 3 is 2.67 bits per heavy atom. The van der Waals surface area contributed by atoms with Gasteiger partial charge in [0.1, 0.15) is 0 Å². The number of alkyl halides is 3. The van der Waals surface area contributed by atoms with Gasteiger partial charge in [-0.05, 0) is 19.8 Å². The maximum absolute atomic E-state index is 12.1. The topological polar surface area (TPSA) is 40.5 Å². The Bertz CT molecular complexity index is 244. The molecule has 0 saturated carbocycles. The molecule has 0 aliphatic carbocycles. The maximum atomic E-state index is 12.1.